The molecular formula is C19H25BrClN3O2. The third kappa shape index (κ3) is 5.02. The number of rotatable bonds is 7. The number of pyridine rings is 1. The van der Waals surface area contributed by atoms with Crippen molar-refractivity contribution < 1.29 is 9.47 Å². The van der Waals surface area contributed by atoms with Crippen LogP contribution in [0.5, 0.6) is 11.5 Å². The third-order valence-electron chi connectivity index (χ3n) is 4.44. The van der Waals surface area contributed by atoms with Gasteiger partial charge in [0.25, 0.3) is 0 Å². The molecule has 7 heteroatoms. The Labute approximate surface area is 169 Å². The topological polar surface area (TPSA) is 46.6 Å². The van der Waals surface area contributed by atoms with E-state index in [9.17, 15) is 0 Å². The van der Waals surface area contributed by atoms with Crippen molar-refractivity contribution in [3.8, 4) is 11.5 Å². The van der Waals surface area contributed by atoms with Crippen molar-refractivity contribution in [3.05, 3.63) is 46.1 Å². The van der Waals surface area contributed by atoms with Crippen molar-refractivity contribution >= 4 is 34.2 Å². The largest absolute Gasteiger partial charge is 0.493 e. The molecule has 0 radical (unpaired) electrons. The summed E-state index contributed by atoms with van der Waals surface area (Å²) in [7, 11) is 3.29. The molecule has 0 bridgehead atoms. The lowest BCUT2D eigenvalue weighted by Gasteiger charge is -2.16. The number of methoxy groups -OCH3 is 2. The number of halogens is 2. The Kier molecular flexibility index (Phi) is 8.00. The standard InChI is InChI=1S/C19H24BrN3O2.ClH/c1-24-17-9-15(16(20)10-18(17)25-2)13-21-11-14-5-6-19(22-12-14)23-7-3-4-8-23;/h5-6,9-10,12,21H,3-4,7-8,11,13H2,1-2H3;1H. The van der Waals surface area contributed by atoms with Crippen LogP contribution in [0.1, 0.15) is 24.0 Å². The number of ether oxygens (including phenoxy) is 2. The highest BCUT2D eigenvalue weighted by atomic mass is 79.9. The Hall–Kier alpha value is -1.50. The maximum Gasteiger partial charge on any atom is 0.161 e. The quantitative estimate of drug-likeness (QED) is 0.697. The van der Waals surface area contributed by atoms with E-state index in [1.165, 1.54) is 18.4 Å². The molecule has 1 aliphatic heterocycles. The predicted octanol–water partition coefficient (Wildman–Crippen LogP) is 4.17. The summed E-state index contributed by atoms with van der Waals surface area (Å²) in [4.78, 5) is 6.94. The van der Waals surface area contributed by atoms with Gasteiger partial charge < -0.3 is 19.7 Å². The van der Waals surface area contributed by atoms with Gasteiger partial charge in [0.1, 0.15) is 5.82 Å². The maximum absolute atomic E-state index is 5.37. The van der Waals surface area contributed by atoms with Gasteiger partial charge in [-0.2, -0.15) is 0 Å². The third-order valence-corrected chi connectivity index (χ3v) is 5.17. The molecule has 0 atom stereocenters. The molecule has 1 aromatic heterocycles. The molecule has 0 aliphatic carbocycles. The average molecular weight is 443 g/mol. The molecule has 0 saturated carbocycles. The Morgan fingerprint density at radius 1 is 1.08 bits per heavy atom. The van der Waals surface area contributed by atoms with Gasteiger partial charge >= 0.3 is 0 Å². The minimum atomic E-state index is 0. The van der Waals surface area contributed by atoms with Gasteiger partial charge in [-0.3, -0.25) is 0 Å². The normalized spacial score (nSPS) is 13.4. The van der Waals surface area contributed by atoms with E-state index >= 15 is 0 Å². The molecule has 1 fully saturated rings. The van der Waals surface area contributed by atoms with Crippen LogP contribution in [0.4, 0.5) is 5.82 Å². The first-order valence-electron chi connectivity index (χ1n) is 8.52. The predicted molar refractivity (Wildman–Crippen MR) is 111 cm³/mol. The summed E-state index contributed by atoms with van der Waals surface area (Å²) in [5.74, 6) is 2.54. The van der Waals surface area contributed by atoms with Gasteiger partial charge in [-0.05, 0) is 42.2 Å². The highest BCUT2D eigenvalue weighted by Gasteiger charge is 2.13. The fourth-order valence-electron chi connectivity index (χ4n) is 3.03. The Balaban J connectivity index is 0.00000243. The van der Waals surface area contributed by atoms with Crippen molar-refractivity contribution in [1.82, 2.24) is 10.3 Å². The molecule has 3 rings (SSSR count). The van der Waals surface area contributed by atoms with E-state index in [2.05, 4.69) is 43.3 Å². The van der Waals surface area contributed by atoms with Crippen molar-refractivity contribution in [3.63, 3.8) is 0 Å². The second-order valence-electron chi connectivity index (χ2n) is 6.12. The van der Waals surface area contributed by atoms with Crippen LogP contribution in [-0.2, 0) is 13.1 Å². The molecule has 2 aromatic rings. The maximum atomic E-state index is 5.37. The van der Waals surface area contributed by atoms with Gasteiger partial charge in [-0.15, -0.1) is 12.4 Å². The molecule has 0 unspecified atom stereocenters. The summed E-state index contributed by atoms with van der Waals surface area (Å²) in [5.41, 5.74) is 2.30. The number of aromatic nitrogens is 1. The molecule has 0 spiro atoms. The minimum absolute atomic E-state index is 0. The summed E-state index contributed by atoms with van der Waals surface area (Å²) < 4.78 is 11.7. The second kappa shape index (κ2) is 10.00. The first-order chi connectivity index (χ1) is 12.2. The smallest absolute Gasteiger partial charge is 0.161 e. The van der Waals surface area contributed by atoms with Gasteiger partial charge in [0.2, 0.25) is 0 Å². The number of hydrogen-bond donors (Lipinski definition) is 1. The van der Waals surface area contributed by atoms with Gasteiger partial charge in [0, 0.05) is 36.8 Å². The molecule has 1 N–H and O–H groups in total. The first-order valence-corrected chi connectivity index (χ1v) is 9.31. The zero-order chi connectivity index (χ0) is 17.6. The molecule has 1 aliphatic rings. The van der Waals surface area contributed by atoms with Gasteiger partial charge in [0.15, 0.2) is 11.5 Å². The monoisotopic (exact) mass is 441 g/mol. The van der Waals surface area contributed by atoms with Crippen molar-refractivity contribution in [2.45, 2.75) is 25.9 Å². The SMILES string of the molecule is COc1cc(Br)c(CNCc2ccc(N3CCCC3)nc2)cc1OC.Cl. The number of hydrogen-bond acceptors (Lipinski definition) is 5. The van der Waals surface area contributed by atoms with Crippen LogP contribution < -0.4 is 19.7 Å². The van der Waals surface area contributed by atoms with E-state index in [1.54, 1.807) is 14.2 Å². The van der Waals surface area contributed by atoms with E-state index < -0.39 is 0 Å². The highest BCUT2D eigenvalue weighted by molar-refractivity contribution is 9.10. The number of anilines is 1. The van der Waals surface area contributed by atoms with Crippen molar-refractivity contribution in [2.24, 2.45) is 0 Å². The second-order valence-corrected chi connectivity index (χ2v) is 6.98. The summed E-state index contributed by atoms with van der Waals surface area (Å²) in [6.45, 7) is 3.75. The van der Waals surface area contributed by atoms with Crippen molar-refractivity contribution in [1.29, 1.82) is 0 Å². The van der Waals surface area contributed by atoms with Crippen LogP contribution in [0.15, 0.2) is 34.9 Å². The van der Waals surface area contributed by atoms with Crippen molar-refractivity contribution in [2.75, 3.05) is 32.2 Å². The van der Waals surface area contributed by atoms with Gasteiger partial charge in [-0.1, -0.05) is 22.0 Å². The average Bonchev–Trinajstić information content (AvgIpc) is 3.18. The Morgan fingerprint density at radius 2 is 1.77 bits per heavy atom. The molecule has 142 valence electrons. The van der Waals surface area contributed by atoms with Gasteiger partial charge in [-0.25, -0.2) is 4.98 Å². The number of nitrogens with zero attached hydrogens (tertiary/aromatic N) is 2. The summed E-state index contributed by atoms with van der Waals surface area (Å²) in [6.07, 6.45) is 4.50. The molecule has 0 amide bonds. The van der Waals surface area contributed by atoms with Gasteiger partial charge in [0.05, 0.1) is 14.2 Å². The van der Waals surface area contributed by atoms with Crippen LogP contribution in [0.3, 0.4) is 0 Å². The van der Waals surface area contributed by atoms with E-state index in [1.807, 2.05) is 18.3 Å². The zero-order valence-electron chi connectivity index (χ0n) is 15.1. The lowest BCUT2D eigenvalue weighted by Crippen LogP contribution is -2.19. The fraction of sp³-hybridized carbons (Fsp3) is 0.421. The zero-order valence-corrected chi connectivity index (χ0v) is 17.5. The molecular weight excluding hydrogens is 418 g/mol. The van der Waals surface area contributed by atoms with E-state index in [4.69, 9.17) is 9.47 Å². The molecule has 1 aromatic carbocycles. The van der Waals surface area contributed by atoms with E-state index in [0.717, 1.165) is 53.5 Å². The molecule has 2 heterocycles. The first kappa shape index (κ1) is 20.8. The number of benzene rings is 1. The summed E-state index contributed by atoms with van der Waals surface area (Å²) in [5, 5.41) is 3.46. The van der Waals surface area contributed by atoms with Crippen LogP contribution in [0.25, 0.3) is 0 Å². The highest BCUT2D eigenvalue weighted by Crippen LogP contribution is 2.33. The van der Waals surface area contributed by atoms with Crippen LogP contribution >= 0.6 is 28.3 Å². The Bertz CT molecular complexity index is 707. The van der Waals surface area contributed by atoms with E-state index in [-0.39, 0.29) is 12.4 Å². The number of nitrogens with one attached hydrogen (secondary N) is 1. The fourth-order valence-corrected chi connectivity index (χ4v) is 3.49. The molecule has 5 nitrogen and oxygen atoms in total. The molecule has 26 heavy (non-hydrogen) atoms. The van der Waals surface area contributed by atoms with Crippen LogP contribution in [0, 0.1) is 0 Å². The van der Waals surface area contributed by atoms with Crippen LogP contribution in [0.2, 0.25) is 0 Å². The summed E-state index contributed by atoms with van der Waals surface area (Å²) in [6, 6.07) is 8.19. The summed E-state index contributed by atoms with van der Waals surface area (Å²) >= 11 is 3.59. The van der Waals surface area contributed by atoms with E-state index in [0.29, 0.717) is 0 Å². The minimum Gasteiger partial charge on any atom is -0.493 e. The lowest BCUT2D eigenvalue weighted by atomic mass is 10.2. The Morgan fingerprint density at radius 3 is 2.38 bits per heavy atom. The lowest BCUT2D eigenvalue weighted by molar-refractivity contribution is 0.354. The molecule has 1 saturated heterocycles. The van der Waals surface area contributed by atoms with Crippen LogP contribution in [-0.4, -0.2) is 32.3 Å².